The van der Waals surface area contributed by atoms with E-state index < -0.39 is 11.2 Å². The number of nitrogens with zero attached hydrogens (tertiary/aromatic N) is 2. The van der Waals surface area contributed by atoms with Crippen LogP contribution in [-0.2, 0) is 4.79 Å². The van der Waals surface area contributed by atoms with Crippen molar-refractivity contribution in [1.82, 2.24) is 9.55 Å². The van der Waals surface area contributed by atoms with Gasteiger partial charge in [-0.1, -0.05) is 66.4 Å². The zero-order valence-electron chi connectivity index (χ0n) is 16.7. The first-order chi connectivity index (χ1) is 15.6. The number of hydrogen-bond donors (Lipinski definition) is 1. The highest BCUT2D eigenvalue weighted by atomic mass is 32.2. The van der Waals surface area contributed by atoms with Crippen molar-refractivity contribution in [3.05, 3.63) is 99.5 Å². The summed E-state index contributed by atoms with van der Waals surface area (Å²) < 4.78 is 1.58. The number of benzene rings is 2. The molecule has 8 heteroatoms. The zero-order chi connectivity index (χ0) is 22.1. The van der Waals surface area contributed by atoms with E-state index in [1.807, 2.05) is 83.6 Å². The van der Waals surface area contributed by atoms with Gasteiger partial charge in [-0.2, -0.15) is 0 Å². The van der Waals surface area contributed by atoms with Gasteiger partial charge in [0.2, 0.25) is 5.91 Å². The Morgan fingerprint density at radius 2 is 1.69 bits per heavy atom. The Hall–Kier alpha value is -3.20. The number of thiophene rings is 2. The number of amides is 1. The van der Waals surface area contributed by atoms with Gasteiger partial charge in [-0.15, -0.1) is 22.7 Å². The summed E-state index contributed by atoms with van der Waals surface area (Å²) in [4.78, 5) is 32.7. The summed E-state index contributed by atoms with van der Waals surface area (Å²) in [7, 11) is 0. The number of nitrogens with two attached hydrogens (primary N) is 1. The Balaban J connectivity index is 1.73. The summed E-state index contributed by atoms with van der Waals surface area (Å²) in [6, 6.07) is 22.6. The quantitative estimate of drug-likeness (QED) is 0.260. The van der Waals surface area contributed by atoms with Crippen molar-refractivity contribution in [3.63, 3.8) is 0 Å². The minimum atomic E-state index is -0.674. The monoisotopic (exact) mass is 475 g/mol. The van der Waals surface area contributed by atoms with Gasteiger partial charge in [0, 0.05) is 15.8 Å². The number of hydrogen-bond acceptors (Lipinski definition) is 6. The molecule has 0 aliphatic carbocycles. The Kier molecular flexibility index (Phi) is 5.65. The van der Waals surface area contributed by atoms with Crippen molar-refractivity contribution < 1.29 is 4.79 Å². The van der Waals surface area contributed by atoms with E-state index in [1.165, 1.54) is 23.1 Å². The summed E-state index contributed by atoms with van der Waals surface area (Å²) in [5, 5.41) is 4.30. The summed E-state index contributed by atoms with van der Waals surface area (Å²) >= 11 is 4.21. The lowest BCUT2D eigenvalue weighted by molar-refractivity contribution is -0.117. The summed E-state index contributed by atoms with van der Waals surface area (Å²) in [5.41, 5.74) is 7.93. The molecule has 2 aromatic carbocycles. The largest absolute Gasteiger partial charge is 0.368 e. The Bertz CT molecular complexity index is 1440. The first-order valence-corrected chi connectivity index (χ1v) is 12.4. The lowest BCUT2D eigenvalue weighted by atomic mass is 10.1. The topological polar surface area (TPSA) is 78.0 Å². The van der Waals surface area contributed by atoms with Crippen LogP contribution in [0.3, 0.4) is 0 Å². The molecule has 0 spiro atoms. The zero-order valence-corrected chi connectivity index (χ0v) is 19.1. The van der Waals surface area contributed by atoms with Crippen LogP contribution >= 0.6 is 34.4 Å². The third-order valence-corrected chi connectivity index (χ3v) is 7.96. The van der Waals surface area contributed by atoms with Gasteiger partial charge in [0.05, 0.1) is 11.1 Å². The summed E-state index contributed by atoms with van der Waals surface area (Å²) in [6.45, 7) is 0. The van der Waals surface area contributed by atoms with Gasteiger partial charge in [-0.05, 0) is 29.1 Å². The van der Waals surface area contributed by atoms with E-state index in [-0.39, 0.29) is 5.56 Å². The fourth-order valence-corrected chi connectivity index (χ4v) is 6.36. The second-order valence-electron chi connectivity index (χ2n) is 6.99. The second kappa shape index (κ2) is 8.74. The Labute approximate surface area is 196 Å². The number of carbonyl (C=O) groups is 1. The molecule has 0 aliphatic rings. The number of carbonyl (C=O) groups excluding carboxylic acids is 1. The van der Waals surface area contributed by atoms with E-state index in [1.54, 1.807) is 15.9 Å². The lowest BCUT2D eigenvalue weighted by Gasteiger charge is -2.17. The van der Waals surface area contributed by atoms with Crippen molar-refractivity contribution in [2.45, 2.75) is 10.4 Å². The normalized spacial score (nSPS) is 12.1. The molecule has 0 saturated heterocycles. The second-order valence-corrected chi connectivity index (χ2v) is 9.87. The Morgan fingerprint density at radius 3 is 2.34 bits per heavy atom. The van der Waals surface area contributed by atoms with Crippen LogP contribution in [0.25, 0.3) is 26.3 Å². The molecule has 0 aliphatic heterocycles. The maximum Gasteiger partial charge on any atom is 0.268 e. The van der Waals surface area contributed by atoms with Gasteiger partial charge in [0.25, 0.3) is 5.56 Å². The predicted molar refractivity (Wildman–Crippen MR) is 133 cm³/mol. The molecule has 0 fully saturated rings. The van der Waals surface area contributed by atoms with Gasteiger partial charge in [0.1, 0.15) is 10.1 Å². The number of primary amides is 1. The average molecular weight is 476 g/mol. The van der Waals surface area contributed by atoms with Crippen LogP contribution in [0, 0.1) is 0 Å². The first kappa shape index (κ1) is 20.7. The van der Waals surface area contributed by atoms with Gasteiger partial charge >= 0.3 is 0 Å². The van der Waals surface area contributed by atoms with Gasteiger partial charge in [0.15, 0.2) is 5.16 Å². The van der Waals surface area contributed by atoms with Crippen LogP contribution in [0.15, 0.2) is 93.5 Å². The fraction of sp³-hybridized carbons (Fsp3) is 0.0417. The van der Waals surface area contributed by atoms with Crippen molar-refractivity contribution in [2.24, 2.45) is 5.73 Å². The molecule has 5 nitrogen and oxygen atoms in total. The van der Waals surface area contributed by atoms with E-state index in [0.29, 0.717) is 21.1 Å². The third-order valence-electron chi connectivity index (χ3n) is 4.96. The highest BCUT2D eigenvalue weighted by Crippen LogP contribution is 2.38. The van der Waals surface area contributed by atoms with Crippen LogP contribution in [0.5, 0.6) is 0 Å². The van der Waals surface area contributed by atoms with Crippen molar-refractivity contribution in [3.8, 4) is 16.1 Å². The van der Waals surface area contributed by atoms with E-state index in [0.717, 1.165) is 16.0 Å². The van der Waals surface area contributed by atoms with E-state index in [2.05, 4.69) is 0 Å². The van der Waals surface area contributed by atoms with E-state index in [4.69, 9.17) is 10.7 Å². The minimum Gasteiger partial charge on any atom is -0.368 e. The SMILES string of the molecule is NC(=O)C(Sc1nc2scc(-c3cccs3)c2c(=O)n1-c1ccccc1)c1ccccc1. The number of thioether (sulfide) groups is 1. The predicted octanol–water partition coefficient (Wildman–Crippen LogP) is 5.49. The maximum atomic E-state index is 13.8. The number of aromatic nitrogens is 2. The number of rotatable bonds is 6. The molecule has 0 bridgehead atoms. The molecule has 2 N–H and O–H groups in total. The third kappa shape index (κ3) is 3.77. The molecule has 0 saturated carbocycles. The van der Waals surface area contributed by atoms with Crippen molar-refractivity contribution in [1.29, 1.82) is 0 Å². The minimum absolute atomic E-state index is 0.162. The van der Waals surface area contributed by atoms with Crippen LogP contribution in [0.4, 0.5) is 0 Å². The molecule has 32 heavy (non-hydrogen) atoms. The van der Waals surface area contributed by atoms with E-state index >= 15 is 0 Å². The van der Waals surface area contributed by atoms with Crippen LogP contribution in [0.2, 0.25) is 0 Å². The number of para-hydroxylation sites is 1. The molecular formula is C24H17N3O2S3. The number of fused-ring (bicyclic) bond motifs is 1. The first-order valence-electron chi connectivity index (χ1n) is 9.78. The lowest BCUT2D eigenvalue weighted by Crippen LogP contribution is -2.24. The van der Waals surface area contributed by atoms with Crippen molar-refractivity contribution in [2.75, 3.05) is 0 Å². The van der Waals surface area contributed by atoms with Gasteiger partial charge in [-0.3, -0.25) is 14.2 Å². The summed E-state index contributed by atoms with van der Waals surface area (Å²) in [5.74, 6) is -0.486. The molecule has 0 radical (unpaired) electrons. The molecule has 1 unspecified atom stereocenters. The molecule has 1 atom stereocenters. The molecule has 158 valence electrons. The molecule has 3 aromatic heterocycles. The smallest absolute Gasteiger partial charge is 0.268 e. The average Bonchev–Trinajstić information content (AvgIpc) is 3.48. The van der Waals surface area contributed by atoms with Crippen LogP contribution in [-0.4, -0.2) is 15.5 Å². The maximum absolute atomic E-state index is 13.8. The highest BCUT2D eigenvalue weighted by Gasteiger charge is 2.25. The van der Waals surface area contributed by atoms with Crippen molar-refractivity contribution >= 4 is 50.6 Å². The fourth-order valence-electron chi connectivity index (χ4n) is 3.49. The van der Waals surface area contributed by atoms with Crippen LogP contribution in [0.1, 0.15) is 10.8 Å². The highest BCUT2D eigenvalue weighted by molar-refractivity contribution is 8.00. The standard InChI is InChI=1S/C24H17N3O2S3/c25-21(28)20(15-8-3-1-4-9-15)32-24-26-22-19(17(14-31-22)18-12-7-13-30-18)23(29)27(24)16-10-5-2-6-11-16/h1-14,20H,(H2,25,28). The Morgan fingerprint density at radius 1 is 0.969 bits per heavy atom. The van der Waals surface area contributed by atoms with Crippen LogP contribution < -0.4 is 11.3 Å². The molecule has 5 aromatic rings. The van der Waals surface area contributed by atoms with Gasteiger partial charge in [-0.25, -0.2) is 4.98 Å². The molecule has 3 heterocycles. The molecule has 1 amide bonds. The summed E-state index contributed by atoms with van der Waals surface area (Å²) in [6.07, 6.45) is 0. The van der Waals surface area contributed by atoms with Gasteiger partial charge < -0.3 is 5.73 Å². The molecule has 5 rings (SSSR count). The van der Waals surface area contributed by atoms with E-state index in [9.17, 15) is 9.59 Å². The molecular weight excluding hydrogens is 458 g/mol.